The maximum Gasteiger partial charge on any atom is 0.338 e. The van der Waals surface area contributed by atoms with Gasteiger partial charge in [0.1, 0.15) is 6.61 Å². The topological polar surface area (TPSA) is 63.2 Å². The highest BCUT2D eigenvalue weighted by molar-refractivity contribution is 5.94. The second-order valence-corrected chi connectivity index (χ2v) is 8.22. The number of hydrogen-bond donors (Lipinski definition) is 0. The molecule has 0 aliphatic carbocycles. The molecular formula is C24H28O6. The zero-order chi connectivity index (χ0) is 21.1. The fourth-order valence-electron chi connectivity index (χ4n) is 3.61. The van der Waals surface area contributed by atoms with Crippen LogP contribution in [0, 0.1) is 5.41 Å². The van der Waals surface area contributed by atoms with E-state index in [-0.39, 0.29) is 11.4 Å². The molecule has 0 N–H and O–H groups in total. The molecule has 2 aliphatic rings. The largest absolute Gasteiger partial charge is 0.493 e. The summed E-state index contributed by atoms with van der Waals surface area (Å²) in [6, 6.07) is 9.59. The summed E-state index contributed by atoms with van der Waals surface area (Å²) >= 11 is 0. The van der Waals surface area contributed by atoms with E-state index in [2.05, 4.69) is 13.8 Å². The molecule has 6 heteroatoms. The van der Waals surface area contributed by atoms with E-state index in [1.807, 2.05) is 30.3 Å². The summed E-state index contributed by atoms with van der Waals surface area (Å²) in [4.78, 5) is 11.8. The van der Waals surface area contributed by atoms with Crippen molar-refractivity contribution in [2.24, 2.45) is 5.41 Å². The molecule has 0 saturated carbocycles. The number of esters is 1. The second-order valence-electron chi connectivity index (χ2n) is 8.22. The average Bonchev–Trinajstić information content (AvgIpc) is 3.11. The van der Waals surface area contributed by atoms with Gasteiger partial charge in [0, 0.05) is 16.5 Å². The van der Waals surface area contributed by atoms with E-state index in [4.69, 9.17) is 23.7 Å². The number of carbonyl (C=O) groups excluding carboxylic acids is 1. The molecule has 0 amide bonds. The molecule has 0 radical (unpaired) electrons. The molecule has 2 heterocycles. The summed E-state index contributed by atoms with van der Waals surface area (Å²) in [7, 11) is 1.63. The molecule has 0 atom stereocenters. The van der Waals surface area contributed by atoms with E-state index >= 15 is 0 Å². The predicted octanol–water partition coefficient (Wildman–Crippen LogP) is 4.63. The van der Waals surface area contributed by atoms with Crippen LogP contribution in [0.3, 0.4) is 0 Å². The minimum Gasteiger partial charge on any atom is -0.493 e. The minimum absolute atomic E-state index is 0.0147. The third-order valence-corrected chi connectivity index (χ3v) is 5.50. The molecule has 2 aromatic rings. The maximum absolute atomic E-state index is 11.8. The number of cyclic esters (lactones) is 1. The number of carbonyl (C=O) groups is 1. The van der Waals surface area contributed by atoms with Gasteiger partial charge < -0.3 is 23.7 Å². The molecule has 30 heavy (non-hydrogen) atoms. The average molecular weight is 412 g/mol. The zero-order valence-corrected chi connectivity index (χ0v) is 17.8. The van der Waals surface area contributed by atoms with E-state index in [1.54, 1.807) is 7.11 Å². The lowest BCUT2D eigenvalue weighted by Crippen LogP contribution is -2.44. The van der Waals surface area contributed by atoms with Crippen LogP contribution in [0.15, 0.2) is 30.3 Å². The highest BCUT2D eigenvalue weighted by Gasteiger charge is 2.35. The molecule has 6 nitrogen and oxygen atoms in total. The standard InChI is InChI=1S/C24H28O6/c1-4-5-10-28-22-20(26-3)9-8-18(21(22)30-15-24(2)13-27-14-24)16-6-7-19-17(11-16)12-29-23(19)25/h6-9,11H,4-5,10,12-15H2,1-3H3. The maximum atomic E-state index is 11.8. The summed E-state index contributed by atoms with van der Waals surface area (Å²) in [5.74, 6) is 1.63. The van der Waals surface area contributed by atoms with E-state index in [0.29, 0.717) is 55.8 Å². The fraction of sp³-hybridized carbons (Fsp3) is 0.458. The number of ether oxygens (including phenoxy) is 5. The van der Waals surface area contributed by atoms with E-state index in [0.717, 1.165) is 29.5 Å². The van der Waals surface area contributed by atoms with Gasteiger partial charge in [-0.15, -0.1) is 0 Å². The Morgan fingerprint density at radius 2 is 1.87 bits per heavy atom. The van der Waals surface area contributed by atoms with Crippen molar-refractivity contribution in [3.05, 3.63) is 41.5 Å². The Balaban J connectivity index is 1.74. The highest BCUT2D eigenvalue weighted by Crippen LogP contribution is 2.46. The van der Waals surface area contributed by atoms with Crippen molar-refractivity contribution < 1.29 is 28.5 Å². The third-order valence-electron chi connectivity index (χ3n) is 5.50. The SMILES string of the molecule is CCCCOc1c(OC)ccc(-c2ccc3c(c2)COC3=O)c1OCC1(C)COC1. The zero-order valence-electron chi connectivity index (χ0n) is 17.8. The van der Waals surface area contributed by atoms with Gasteiger partial charge in [-0.2, -0.15) is 0 Å². The third kappa shape index (κ3) is 3.97. The fourth-order valence-corrected chi connectivity index (χ4v) is 3.61. The number of hydrogen-bond acceptors (Lipinski definition) is 6. The molecule has 0 unspecified atom stereocenters. The van der Waals surface area contributed by atoms with Gasteiger partial charge >= 0.3 is 5.97 Å². The van der Waals surface area contributed by atoms with Crippen LogP contribution in [0.5, 0.6) is 17.2 Å². The van der Waals surface area contributed by atoms with Crippen LogP contribution in [-0.4, -0.2) is 39.5 Å². The molecule has 1 saturated heterocycles. The molecule has 2 aliphatic heterocycles. The Morgan fingerprint density at radius 3 is 2.57 bits per heavy atom. The van der Waals surface area contributed by atoms with E-state index < -0.39 is 0 Å². The van der Waals surface area contributed by atoms with Crippen LogP contribution in [0.4, 0.5) is 0 Å². The normalized spacial score (nSPS) is 16.4. The quantitative estimate of drug-likeness (QED) is 0.442. The molecule has 2 aromatic carbocycles. The molecule has 1 fully saturated rings. The van der Waals surface area contributed by atoms with Gasteiger partial charge in [0.2, 0.25) is 5.75 Å². The van der Waals surface area contributed by atoms with Crippen LogP contribution in [0.2, 0.25) is 0 Å². The number of rotatable bonds is 9. The van der Waals surface area contributed by atoms with Crippen LogP contribution in [0.1, 0.15) is 42.6 Å². The number of fused-ring (bicyclic) bond motifs is 1. The first-order valence-corrected chi connectivity index (χ1v) is 10.4. The number of benzene rings is 2. The molecule has 0 spiro atoms. The van der Waals surface area contributed by atoms with Crippen molar-refractivity contribution in [1.29, 1.82) is 0 Å². The lowest BCUT2D eigenvalue weighted by molar-refractivity contribution is -0.120. The van der Waals surface area contributed by atoms with Crippen LogP contribution < -0.4 is 14.2 Å². The van der Waals surface area contributed by atoms with Crippen molar-refractivity contribution >= 4 is 5.97 Å². The smallest absolute Gasteiger partial charge is 0.338 e. The van der Waals surface area contributed by atoms with E-state index in [1.165, 1.54) is 0 Å². The van der Waals surface area contributed by atoms with Crippen molar-refractivity contribution in [2.75, 3.05) is 33.5 Å². The van der Waals surface area contributed by atoms with Gasteiger partial charge in [-0.25, -0.2) is 4.79 Å². The lowest BCUT2D eigenvalue weighted by atomic mass is 9.90. The van der Waals surface area contributed by atoms with Crippen molar-refractivity contribution in [3.63, 3.8) is 0 Å². The van der Waals surface area contributed by atoms with Crippen molar-refractivity contribution in [2.45, 2.75) is 33.3 Å². The summed E-state index contributed by atoms with van der Waals surface area (Å²) in [5.41, 5.74) is 3.33. The van der Waals surface area contributed by atoms with E-state index in [9.17, 15) is 4.79 Å². The molecule has 4 rings (SSSR count). The Labute approximate surface area is 177 Å². The Morgan fingerprint density at radius 1 is 1.07 bits per heavy atom. The Hall–Kier alpha value is -2.73. The number of unbranched alkanes of at least 4 members (excludes halogenated alkanes) is 1. The van der Waals surface area contributed by atoms with Gasteiger partial charge in [0.05, 0.1) is 39.1 Å². The minimum atomic E-state index is -0.274. The van der Waals surface area contributed by atoms with Gasteiger partial charge in [0.25, 0.3) is 0 Å². The van der Waals surface area contributed by atoms with Gasteiger partial charge in [0.15, 0.2) is 11.5 Å². The summed E-state index contributed by atoms with van der Waals surface area (Å²) in [5, 5.41) is 0. The number of methoxy groups -OCH3 is 1. The first-order valence-electron chi connectivity index (χ1n) is 10.4. The Kier molecular flexibility index (Phi) is 5.86. The summed E-state index contributed by atoms with van der Waals surface area (Å²) in [6.07, 6.45) is 1.98. The first kappa shape index (κ1) is 20.5. The van der Waals surface area contributed by atoms with Gasteiger partial charge in [-0.3, -0.25) is 0 Å². The van der Waals surface area contributed by atoms with Gasteiger partial charge in [-0.1, -0.05) is 26.3 Å². The Bertz CT molecular complexity index is 932. The first-order chi connectivity index (χ1) is 14.5. The van der Waals surface area contributed by atoms with Gasteiger partial charge in [-0.05, 0) is 36.2 Å². The van der Waals surface area contributed by atoms with Crippen molar-refractivity contribution in [1.82, 2.24) is 0 Å². The molecule has 0 bridgehead atoms. The van der Waals surface area contributed by atoms with Crippen LogP contribution >= 0.6 is 0 Å². The lowest BCUT2D eigenvalue weighted by Gasteiger charge is -2.37. The summed E-state index contributed by atoms with van der Waals surface area (Å²) in [6.45, 7) is 7.02. The molecular weight excluding hydrogens is 384 g/mol. The second kappa shape index (κ2) is 8.56. The molecule has 0 aromatic heterocycles. The summed E-state index contributed by atoms with van der Waals surface area (Å²) < 4.78 is 28.6. The predicted molar refractivity (Wildman–Crippen MR) is 112 cm³/mol. The van der Waals surface area contributed by atoms with Crippen molar-refractivity contribution in [3.8, 4) is 28.4 Å². The van der Waals surface area contributed by atoms with Crippen LogP contribution in [-0.2, 0) is 16.1 Å². The molecule has 160 valence electrons. The van der Waals surface area contributed by atoms with Crippen LogP contribution in [0.25, 0.3) is 11.1 Å². The highest BCUT2D eigenvalue weighted by atomic mass is 16.5. The monoisotopic (exact) mass is 412 g/mol.